The van der Waals surface area contributed by atoms with Gasteiger partial charge in [-0.3, -0.25) is 9.36 Å². The van der Waals surface area contributed by atoms with E-state index in [1.165, 1.54) is 11.8 Å². The fraction of sp³-hybridized carbons (Fsp3) is 0.316. The Kier molecular flexibility index (Phi) is 7.32. The van der Waals surface area contributed by atoms with Crippen molar-refractivity contribution >= 4 is 40.0 Å². The highest BCUT2D eigenvalue weighted by molar-refractivity contribution is 7.98. The number of hydrogen-bond acceptors (Lipinski definition) is 10. The van der Waals surface area contributed by atoms with Crippen LogP contribution in [-0.4, -0.2) is 33.2 Å². The Morgan fingerprint density at radius 3 is 2.87 bits per heavy atom. The zero-order valence-electron chi connectivity index (χ0n) is 16.7. The standard InChI is InChI=1S/C19H20N6O4S2/c1-2-28-18(27)16-13(12(8-20)17(22)31-16)10-30-19-24-23-15(6-5-14(21)26)25(19)9-11-4-3-7-29-11/h3-4,7H,2,5-6,9-10,22H2,1H3,(H2,21,26). The molecule has 0 spiro atoms. The minimum absolute atomic E-state index is 0.133. The van der Waals surface area contributed by atoms with Crippen molar-refractivity contribution in [3.8, 4) is 6.07 Å². The van der Waals surface area contributed by atoms with Crippen LogP contribution in [0.15, 0.2) is 28.0 Å². The lowest BCUT2D eigenvalue weighted by Crippen LogP contribution is -2.14. The topological polar surface area (TPSA) is 163 Å². The summed E-state index contributed by atoms with van der Waals surface area (Å²) >= 11 is 2.32. The molecule has 162 valence electrons. The third-order valence-corrected chi connectivity index (χ3v) is 6.27. The molecule has 3 rings (SSSR count). The SMILES string of the molecule is CCOC(=O)c1sc(N)c(C#N)c1CSc1nnc(CCC(N)=O)n1Cc1ccco1. The second-order valence-electron chi connectivity index (χ2n) is 6.30. The number of nitriles is 1. The van der Waals surface area contributed by atoms with Gasteiger partial charge in [0.2, 0.25) is 5.91 Å². The molecule has 0 aliphatic heterocycles. The van der Waals surface area contributed by atoms with Gasteiger partial charge in [0.25, 0.3) is 0 Å². The van der Waals surface area contributed by atoms with Crippen molar-refractivity contribution in [2.45, 2.75) is 37.2 Å². The first-order valence-electron chi connectivity index (χ1n) is 9.28. The first-order valence-corrected chi connectivity index (χ1v) is 11.1. The van der Waals surface area contributed by atoms with E-state index in [9.17, 15) is 14.9 Å². The number of nitrogens with zero attached hydrogens (tertiary/aromatic N) is 4. The molecule has 0 radical (unpaired) electrons. The smallest absolute Gasteiger partial charge is 0.348 e. The predicted octanol–water partition coefficient (Wildman–Crippen LogP) is 2.32. The van der Waals surface area contributed by atoms with Gasteiger partial charge in [0.15, 0.2) is 5.16 Å². The Balaban J connectivity index is 1.88. The number of anilines is 1. The van der Waals surface area contributed by atoms with Crippen LogP contribution >= 0.6 is 23.1 Å². The number of amides is 1. The van der Waals surface area contributed by atoms with E-state index in [4.69, 9.17) is 20.6 Å². The minimum atomic E-state index is -0.518. The van der Waals surface area contributed by atoms with Crippen LogP contribution in [0, 0.1) is 11.3 Å². The third-order valence-electron chi connectivity index (χ3n) is 4.24. The number of thioether (sulfide) groups is 1. The number of aryl methyl sites for hydroxylation is 1. The second-order valence-corrected chi connectivity index (χ2v) is 8.30. The van der Waals surface area contributed by atoms with Gasteiger partial charge in [-0.2, -0.15) is 5.26 Å². The molecule has 3 aromatic rings. The molecule has 12 heteroatoms. The van der Waals surface area contributed by atoms with E-state index in [2.05, 4.69) is 16.3 Å². The van der Waals surface area contributed by atoms with Crippen molar-refractivity contribution in [1.82, 2.24) is 14.8 Å². The number of primary amides is 1. The lowest BCUT2D eigenvalue weighted by atomic mass is 10.2. The molecular formula is C19H20N6O4S2. The maximum Gasteiger partial charge on any atom is 0.348 e. The van der Waals surface area contributed by atoms with Crippen molar-refractivity contribution in [1.29, 1.82) is 5.26 Å². The lowest BCUT2D eigenvalue weighted by molar-refractivity contribution is -0.118. The van der Waals surface area contributed by atoms with Crippen molar-refractivity contribution in [2.75, 3.05) is 12.3 Å². The average Bonchev–Trinajstić information content (AvgIpc) is 3.45. The van der Waals surface area contributed by atoms with Crippen LogP contribution in [0.2, 0.25) is 0 Å². The van der Waals surface area contributed by atoms with Gasteiger partial charge in [-0.15, -0.1) is 21.5 Å². The van der Waals surface area contributed by atoms with E-state index in [0.29, 0.717) is 40.1 Å². The summed E-state index contributed by atoms with van der Waals surface area (Å²) in [5.74, 6) is 0.570. The quantitative estimate of drug-likeness (QED) is 0.341. The molecule has 0 saturated carbocycles. The molecule has 31 heavy (non-hydrogen) atoms. The molecule has 0 aliphatic carbocycles. The molecule has 0 saturated heterocycles. The molecule has 0 unspecified atom stereocenters. The summed E-state index contributed by atoms with van der Waals surface area (Å²) in [7, 11) is 0. The summed E-state index contributed by atoms with van der Waals surface area (Å²) in [6.07, 6.45) is 2.02. The molecule has 0 bridgehead atoms. The van der Waals surface area contributed by atoms with Gasteiger partial charge in [-0.25, -0.2) is 4.79 Å². The summed E-state index contributed by atoms with van der Waals surface area (Å²) in [5.41, 5.74) is 12.0. The Morgan fingerprint density at radius 1 is 1.42 bits per heavy atom. The molecule has 0 fully saturated rings. The third kappa shape index (κ3) is 5.25. The number of esters is 1. The maximum absolute atomic E-state index is 12.3. The highest BCUT2D eigenvalue weighted by Gasteiger charge is 2.24. The van der Waals surface area contributed by atoms with Gasteiger partial charge in [0.05, 0.1) is 25.0 Å². The molecule has 1 amide bonds. The number of hydrogen-bond donors (Lipinski definition) is 2. The van der Waals surface area contributed by atoms with Crippen LogP contribution in [-0.2, 0) is 28.2 Å². The van der Waals surface area contributed by atoms with Crippen molar-refractivity contribution in [3.05, 3.63) is 46.0 Å². The highest BCUT2D eigenvalue weighted by atomic mass is 32.2. The average molecular weight is 461 g/mol. The monoisotopic (exact) mass is 460 g/mol. The number of aromatic nitrogens is 3. The van der Waals surface area contributed by atoms with Gasteiger partial charge in [0.1, 0.15) is 27.5 Å². The molecule has 10 nitrogen and oxygen atoms in total. The van der Waals surface area contributed by atoms with E-state index in [-0.39, 0.29) is 29.3 Å². The maximum atomic E-state index is 12.3. The second kappa shape index (κ2) is 10.1. The van der Waals surface area contributed by atoms with Crippen LogP contribution in [0.25, 0.3) is 0 Å². The normalized spacial score (nSPS) is 10.7. The van der Waals surface area contributed by atoms with Crippen LogP contribution in [0.5, 0.6) is 0 Å². The number of rotatable bonds is 10. The Morgan fingerprint density at radius 2 is 2.23 bits per heavy atom. The largest absolute Gasteiger partial charge is 0.467 e. The predicted molar refractivity (Wildman–Crippen MR) is 114 cm³/mol. The van der Waals surface area contributed by atoms with Crippen molar-refractivity contribution in [2.24, 2.45) is 5.73 Å². The fourth-order valence-electron chi connectivity index (χ4n) is 2.81. The van der Waals surface area contributed by atoms with E-state index >= 15 is 0 Å². The molecule has 0 aromatic carbocycles. The van der Waals surface area contributed by atoms with E-state index in [1.54, 1.807) is 19.3 Å². The molecule has 3 heterocycles. The van der Waals surface area contributed by atoms with Gasteiger partial charge in [-0.05, 0) is 19.1 Å². The number of ether oxygens (including phenoxy) is 1. The first kappa shape index (κ1) is 22.4. The van der Waals surface area contributed by atoms with Gasteiger partial charge in [-0.1, -0.05) is 11.8 Å². The van der Waals surface area contributed by atoms with Crippen molar-refractivity contribution < 1.29 is 18.7 Å². The number of carbonyl (C=O) groups excluding carboxylic acids is 2. The number of thiophene rings is 1. The molecule has 0 atom stereocenters. The van der Waals surface area contributed by atoms with Gasteiger partial charge < -0.3 is 20.6 Å². The zero-order chi connectivity index (χ0) is 22.4. The summed E-state index contributed by atoms with van der Waals surface area (Å²) in [4.78, 5) is 23.8. The van der Waals surface area contributed by atoms with E-state index < -0.39 is 11.9 Å². The number of carbonyl (C=O) groups is 2. The fourth-order valence-corrected chi connectivity index (χ4v) is 4.81. The Labute approximate surface area is 186 Å². The van der Waals surface area contributed by atoms with Crippen LogP contribution in [0.1, 0.15) is 45.7 Å². The number of furan rings is 1. The number of nitrogen functional groups attached to an aromatic ring is 1. The van der Waals surface area contributed by atoms with Crippen molar-refractivity contribution in [3.63, 3.8) is 0 Å². The van der Waals surface area contributed by atoms with E-state index in [1.807, 2.05) is 10.6 Å². The molecule has 3 aromatic heterocycles. The zero-order valence-corrected chi connectivity index (χ0v) is 18.3. The summed E-state index contributed by atoms with van der Waals surface area (Å²) in [5, 5.41) is 18.7. The van der Waals surface area contributed by atoms with Crippen LogP contribution in [0.3, 0.4) is 0 Å². The Bertz CT molecular complexity index is 1110. The number of nitrogens with two attached hydrogens (primary N) is 2. The van der Waals surface area contributed by atoms with Gasteiger partial charge in [0, 0.05) is 24.2 Å². The summed E-state index contributed by atoms with van der Waals surface area (Å²) < 4.78 is 12.3. The van der Waals surface area contributed by atoms with Crippen LogP contribution in [0.4, 0.5) is 5.00 Å². The molecule has 0 aliphatic rings. The van der Waals surface area contributed by atoms with E-state index in [0.717, 1.165) is 11.3 Å². The molecular weight excluding hydrogens is 440 g/mol. The minimum Gasteiger partial charge on any atom is -0.467 e. The first-order chi connectivity index (χ1) is 14.9. The highest BCUT2D eigenvalue weighted by Crippen LogP contribution is 2.35. The molecule has 4 N–H and O–H groups in total. The summed E-state index contributed by atoms with van der Waals surface area (Å²) in [6.45, 7) is 2.28. The van der Waals surface area contributed by atoms with Gasteiger partial charge >= 0.3 is 5.97 Å². The van der Waals surface area contributed by atoms with Crippen LogP contribution < -0.4 is 11.5 Å². The lowest BCUT2D eigenvalue weighted by Gasteiger charge is -2.09. The summed E-state index contributed by atoms with van der Waals surface area (Å²) in [6, 6.07) is 5.65. The Hall–Kier alpha value is -3.30.